The molecule has 1 aromatic rings. The predicted octanol–water partition coefficient (Wildman–Crippen LogP) is 3.79. The van der Waals surface area contributed by atoms with E-state index in [-0.39, 0.29) is 0 Å². The third kappa shape index (κ3) is 2.10. The van der Waals surface area contributed by atoms with Gasteiger partial charge in [0.1, 0.15) is 0 Å². The number of halogens is 3. The lowest BCUT2D eigenvalue weighted by molar-refractivity contribution is 1.37. The Morgan fingerprint density at radius 2 is 2.20 bits per heavy atom. The molecule has 0 nitrogen and oxygen atoms in total. The summed E-state index contributed by atoms with van der Waals surface area (Å²) >= 11 is 11.3. The summed E-state index contributed by atoms with van der Waals surface area (Å²) in [7, 11) is 0. The highest BCUT2D eigenvalue weighted by molar-refractivity contribution is 14.1. The Hall–Kier alpha value is 0.720. The van der Waals surface area contributed by atoms with Gasteiger partial charge >= 0.3 is 0 Å². The average molecular weight is 331 g/mol. The first-order chi connectivity index (χ1) is 4.74. The minimum absolute atomic E-state index is 0.579. The molecular weight excluding hydrogens is 326 g/mol. The highest BCUT2D eigenvalue weighted by atomic mass is 127. The summed E-state index contributed by atoms with van der Waals surface area (Å²) in [6.45, 7) is 0. The van der Waals surface area contributed by atoms with E-state index in [9.17, 15) is 0 Å². The van der Waals surface area contributed by atoms with Gasteiger partial charge in [0.25, 0.3) is 0 Å². The Kier molecular flexibility index (Phi) is 3.46. The summed E-state index contributed by atoms with van der Waals surface area (Å²) in [5.74, 6) is 0.579. The van der Waals surface area contributed by atoms with Crippen molar-refractivity contribution in [2.75, 3.05) is 0 Å². The zero-order valence-corrected chi connectivity index (χ0v) is 9.57. The quantitative estimate of drug-likeness (QED) is 0.542. The molecule has 0 spiro atoms. The second-order valence-corrected chi connectivity index (χ2v) is 4.17. The van der Waals surface area contributed by atoms with Gasteiger partial charge in [-0.15, -0.1) is 11.6 Å². The van der Waals surface area contributed by atoms with E-state index in [4.69, 9.17) is 11.6 Å². The highest BCUT2D eigenvalue weighted by Crippen LogP contribution is 2.20. The average Bonchev–Trinajstić information content (AvgIpc) is 1.95. The molecule has 0 unspecified atom stereocenters. The van der Waals surface area contributed by atoms with Crippen LogP contribution in [0.4, 0.5) is 0 Å². The van der Waals surface area contributed by atoms with E-state index in [1.807, 2.05) is 18.2 Å². The van der Waals surface area contributed by atoms with E-state index >= 15 is 0 Å². The van der Waals surface area contributed by atoms with Crippen LogP contribution in [0.15, 0.2) is 22.7 Å². The molecule has 0 saturated carbocycles. The summed E-state index contributed by atoms with van der Waals surface area (Å²) in [5.41, 5.74) is 1.15. The second-order valence-electron chi connectivity index (χ2n) is 1.88. The first-order valence-corrected chi connectivity index (χ1v) is 5.14. The SMILES string of the molecule is ClCc1ccc(I)c(Br)c1. The molecule has 0 radical (unpaired) electrons. The third-order valence-electron chi connectivity index (χ3n) is 1.14. The van der Waals surface area contributed by atoms with Crippen LogP contribution in [-0.4, -0.2) is 0 Å². The largest absolute Gasteiger partial charge is 0.122 e. The van der Waals surface area contributed by atoms with Crippen molar-refractivity contribution >= 4 is 50.1 Å². The first kappa shape index (κ1) is 8.81. The van der Waals surface area contributed by atoms with E-state index in [0.29, 0.717) is 5.88 Å². The lowest BCUT2D eigenvalue weighted by atomic mass is 10.2. The molecule has 0 amide bonds. The maximum absolute atomic E-state index is 5.63. The van der Waals surface area contributed by atoms with Gasteiger partial charge in [0.15, 0.2) is 0 Å². The van der Waals surface area contributed by atoms with Crippen molar-refractivity contribution in [3.05, 3.63) is 31.8 Å². The molecule has 0 aliphatic rings. The molecule has 10 heavy (non-hydrogen) atoms. The van der Waals surface area contributed by atoms with Crippen LogP contribution >= 0.6 is 50.1 Å². The fourth-order valence-electron chi connectivity index (χ4n) is 0.623. The van der Waals surface area contributed by atoms with Gasteiger partial charge < -0.3 is 0 Å². The van der Waals surface area contributed by atoms with Crippen LogP contribution in [0.25, 0.3) is 0 Å². The number of hydrogen-bond acceptors (Lipinski definition) is 0. The molecule has 0 heterocycles. The number of rotatable bonds is 1. The van der Waals surface area contributed by atoms with Gasteiger partial charge in [-0.1, -0.05) is 6.07 Å². The Balaban J connectivity index is 3.04. The van der Waals surface area contributed by atoms with Gasteiger partial charge in [0, 0.05) is 13.9 Å². The van der Waals surface area contributed by atoms with E-state index in [2.05, 4.69) is 38.5 Å². The predicted molar refractivity (Wildman–Crippen MR) is 56.4 cm³/mol. The highest BCUT2D eigenvalue weighted by Gasteiger charge is 1.95. The maximum atomic E-state index is 5.63. The molecule has 1 aromatic carbocycles. The van der Waals surface area contributed by atoms with E-state index in [1.54, 1.807) is 0 Å². The standard InChI is InChI=1S/C7H5BrClI/c8-6-3-5(4-9)1-2-7(6)10/h1-3H,4H2. The molecule has 0 fully saturated rings. The van der Waals surface area contributed by atoms with Crippen LogP contribution in [0.1, 0.15) is 5.56 Å². The molecule has 0 N–H and O–H groups in total. The molecule has 0 aromatic heterocycles. The van der Waals surface area contributed by atoms with Crippen molar-refractivity contribution in [2.45, 2.75) is 5.88 Å². The van der Waals surface area contributed by atoms with Crippen molar-refractivity contribution in [3.63, 3.8) is 0 Å². The van der Waals surface area contributed by atoms with Crippen molar-refractivity contribution in [3.8, 4) is 0 Å². The number of hydrogen-bond donors (Lipinski definition) is 0. The molecule has 0 atom stereocenters. The number of alkyl halides is 1. The van der Waals surface area contributed by atoms with Gasteiger partial charge in [-0.25, -0.2) is 0 Å². The van der Waals surface area contributed by atoms with Crippen molar-refractivity contribution in [2.24, 2.45) is 0 Å². The normalized spacial score (nSPS) is 9.90. The Labute approximate surface area is 87.2 Å². The van der Waals surface area contributed by atoms with Crippen molar-refractivity contribution in [1.29, 1.82) is 0 Å². The van der Waals surface area contributed by atoms with Gasteiger partial charge in [-0.3, -0.25) is 0 Å². The summed E-state index contributed by atoms with van der Waals surface area (Å²) in [6, 6.07) is 6.11. The Bertz CT molecular complexity index is 237. The first-order valence-electron chi connectivity index (χ1n) is 2.74. The van der Waals surface area contributed by atoms with Gasteiger partial charge in [0.05, 0.1) is 0 Å². The van der Waals surface area contributed by atoms with E-state index < -0.39 is 0 Å². The molecule has 0 bridgehead atoms. The fourth-order valence-corrected chi connectivity index (χ4v) is 1.55. The lowest BCUT2D eigenvalue weighted by Gasteiger charge is -1.97. The Morgan fingerprint density at radius 3 is 2.70 bits per heavy atom. The lowest BCUT2D eigenvalue weighted by Crippen LogP contribution is -1.79. The topological polar surface area (TPSA) is 0 Å². The Morgan fingerprint density at radius 1 is 1.50 bits per heavy atom. The molecule has 1 rings (SSSR count). The summed E-state index contributed by atoms with van der Waals surface area (Å²) in [6.07, 6.45) is 0. The summed E-state index contributed by atoms with van der Waals surface area (Å²) < 4.78 is 2.33. The zero-order valence-electron chi connectivity index (χ0n) is 5.07. The van der Waals surface area contributed by atoms with Crippen molar-refractivity contribution in [1.82, 2.24) is 0 Å². The van der Waals surface area contributed by atoms with Crippen molar-refractivity contribution < 1.29 is 0 Å². The van der Waals surface area contributed by atoms with Crippen LogP contribution in [0.5, 0.6) is 0 Å². The molecule has 54 valence electrons. The van der Waals surface area contributed by atoms with E-state index in [1.165, 1.54) is 3.57 Å². The van der Waals surface area contributed by atoms with Crippen LogP contribution in [0.2, 0.25) is 0 Å². The molecule has 0 saturated heterocycles. The van der Waals surface area contributed by atoms with Crippen LogP contribution < -0.4 is 0 Å². The zero-order chi connectivity index (χ0) is 7.56. The van der Waals surface area contributed by atoms with Gasteiger partial charge in [0.2, 0.25) is 0 Å². The minimum atomic E-state index is 0.579. The van der Waals surface area contributed by atoms with E-state index in [0.717, 1.165) is 10.0 Å². The molecule has 0 aliphatic heterocycles. The summed E-state index contributed by atoms with van der Waals surface area (Å²) in [4.78, 5) is 0. The van der Waals surface area contributed by atoms with Crippen LogP contribution in [0, 0.1) is 3.57 Å². The minimum Gasteiger partial charge on any atom is -0.122 e. The fraction of sp³-hybridized carbons (Fsp3) is 0.143. The van der Waals surface area contributed by atoms with Crippen LogP contribution in [0.3, 0.4) is 0 Å². The second kappa shape index (κ2) is 3.93. The third-order valence-corrected chi connectivity index (χ3v) is 3.78. The summed E-state index contributed by atoms with van der Waals surface area (Å²) in [5, 5.41) is 0. The number of benzene rings is 1. The smallest absolute Gasteiger partial charge is 0.0474 e. The van der Waals surface area contributed by atoms with Gasteiger partial charge in [-0.2, -0.15) is 0 Å². The maximum Gasteiger partial charge on any atom is 0.0474 e. The molecule has 3 heteroatoms. The van der Waals surface area contributed by atoms with Gasteiger partial charge in [-0.05, 0) is 56.2 Å². The van der Waals surface area contributed by atoms with Crippen LogP contribution in [-0.2, 0) is 5.88 Å². The molecule has 0 aliphatic carbocycles. The molecular formula is C7H5BrClI. The monoisotopic (exact) mass is 330 g/mol.